The number of aromatic nitrogens is 4. The van der Waals surface area contributed by atoms with Crippen LogP contribution in [0.3, 0.4) is 0 Å². The maximum Gasteiger partial charge on any atom is 0.164 e. The third-order valence-corrected chi connectivity index (χ3v) is 13.4. The SMILES string of the molecule is c1ccc(-c2nc(-c3ccccc3)nc(-c3ccc4sc5ccc(-c6cccc7c6sc6ccc(-n8c9ccccc9c9ccccc98)cc67)cc5c4c3)n2)cc1. The number of hydrogen-bond donors (Lipinski definition) is 0. The summed E-state index contributed by atoms with van der Waals surface area (Å²) in [6.45, 7) is 0. The van der Waals surface area contributed by atoms with E-state index >= 15 is 0 Å². The summed E-state index contributed by atoms with van der Waals surface area (Å²) in [6.07, 6.45) is 0. The molecule has 6 heteroatoms. The maximum atomic E-state index is 5.02. The Kier molecular flexibility index (Phi) is 7.24. The van der Waals surface area contributed by atoms with Gasteiger partial charge in [0.25, 0.3) is 0 Å². The maximum absolute atomic E-state index is 5.02. The van der Waals surface area contributed by atoms with Crippen molar-refractivity contribution < 1.29 is 0 Å². The first kappa shape index (κ1) is 32.3. The van der Waals surface area contributed by atoms with Gasteiger partial charge in [0, 0.05) is 73.5 Å². The summed E-state index contributed by atoms with van der Waals surface area (Å²) in [4.78, 5) is 15.0. The van der Waals surface area contributed by atoms with Crippen molar-refractivity contribution >= 4 is 84.8 Å². The second kappa shape index (κ2) is 12.8. The standard InChI is InChI=1S/C51H30N4S2/c1-3-12-31(13-4-1)49-52-50(32-14-5-2-6-15-32)54-51(53-49)34-23-26-46-41(29-34)40-28-33(22-25-45(40)56-46)36-18-11-19-39-42-30-35(24-27-47(42)57-48(36)39)55-43-20-9-7-16-37(43)38-17-8-10-21-44(38)55/h1-30H. The van der Waals surface area contributed by atoms with Crippen LogP contribution in [0.25, 0.3) is 113 Å². The van der Waals surface area contributed by atoms with E-state index in [2.05, 4.69) is 126 Å². The highest BCUT2D eigenvalue weighted by Gasteiger charge is 2.17. The molecule has 0 amide bonds. The van der Waals surface area contributed by atoms with Crippen molar-refractivity contribution in [2.75, 3.05) is 0 Å². The first-order chi connectivity index (χ1) is 28.2. The van der Waals surface area contributed by atoms with Gasteiger partial charge in [-0.2, -0.15) is 0 Å². The molecule has 0 saturated heterocycles. The lowest BCUT2D eigenvalue weighted by Crippen LogP contribution is -2.00. The predicted molar refractivity (Wildman–Crippen MR) is 242 cm³/mol. The number of nitrogens with zero attached hydrogens (tertiary/aromatic N) is 4. The molecule has 4 heterocycles. The van der Waals surface area contributed by atoms with Crippen molar-refractivity contribution in [3.8, 4) is 51.0 Å². The molecule has 0 aliphatic carbocycles. The third-order valence-electron chi connectivity index (χ3n) is 11.1. The molecule has 0 N–H and O–H groups in total. The van der Waals surface area contributed by atoms with Crippen LogP contribution in [0.4, 0.5) is 0 Å². The van der Waals surface area contributed by atoms with Crippen molar-refractivity contribution in [3.05, 3.63) is 182 Å². The van der Waals surface area contributed by atoms with Gasteiger partial charge in [-0.25, -0.2) is 15.0 Å². The molecule has 4 nitrogen and oxygen atoms in total. The second-order valence-electron chi connectivity index (χ2n) is 14.4. The highest BCUT2D eigenvalue weighted by molar-refractivity contribution is 7.26. The Hall–Kier alpha value is -6.99. The number of hydrogen-bond acceptors (Lipinski definition) is 5. The monoisotopic (exact) mass is 762 g/mol. The van der Waals surface area contributed by atoms with E-state index in [1.54, 1.807) is 0 Å². The zero-order valence-corrected chi connectivity index (χ0v) is 32.1. The van der Waals surface area contributed by atoms with Gasteiger partial charge in [-0.1, -0.05) is 121 Å². The number of benzene rings is 8. The van der Waals surface area contributed by atoms with Crippen molar-refractivity contribution in [1.82, 2.24) is 19.5 Å². The van der Waals surface area contributed by atoms with Crippen molar-refractivity contribution in [2.45, 2.75) is 0 Å². The Morgan fingerprint density at radius 1 is 0.333 bits per heavy atom. The number of para-hydroxylation sites is 2. The molecule has 57 heavy (non-hydrogen) atoms. The van der Waals surface area contributed by atoms with E-state index in [0.717, 1.165) is 16.7 Å². The summed E-state index contributed by atoms with van der Waals surface area (Å²) in [5.41, 5.74) is 8.98. The number of thiophene rings is 2. The smallest absolute Gasteiger partial charge is 0.164 e. The van der Waals surface area contributed by atoms with Crippen LogP contribution in [0.15, 0.2) is 182 Å². The van der Waals surface area contributed by atoms with E-state index in [4.69, 9.17) is 15.0 Å². The number of fused-ring (bicyclic) bond motifs is 9. The molecule has 0 aliphatic rings. The molecular weight excluding hydrogens is 733 g/mol. The second-order valence-corrected chi connectivity index (χ2v) is 16.5. The van der Waals surface area contributed by atoms with Crippen LogP contribution in [0.1, 0.15) is 0 Å². The average molecular weight is 763 g/mol. The molecule has 12 rings (SSSR count). The lowest BCUT2D eigenvalue weighted by atomic mass is 10.00. The summed E-state index contributed by atoms with van der Waals surface area (Å²) in [6, 6.07) is 65.0. The zero-order valence-electron chi connectivity index (χ0n) is 30.4. The van der Waals surface area contributed by atoms with Gasteiger partial charge in [0.2, 0.25) is 0 Å². The van der Waals surface area contributed by atoms with Crippen LogP contribution in [0, 0.1) is 0 Å². The van der Waals surface area contributed by atoms with Gasteiger partial charge in [-0.3, -0.25) is 0 Å². The van der Waals surface area contributed by atoms with Gasteiger partial charge in [-0.15, -0.1) is 22.7 Å². The minimum Gasteiger partial charge on any atom is -0.309 e. The quantitative estimate of drug-likeness (QED) is 0.175. The molecule has 0 radical (unpaired) electrons. The Morgan fingerprint density at radius 2 is 0.825 bits per heavy atom. The minimum absolute atomic E-state index is 0.662. The largest absolute Gasteiger partial charge is 0.309 e. The van der Waals surface area contributed by atoms with Crippen LogP contribution in [0.5, 0.6) is 0 Å². The Labute approximate surface area is 335 Å². The highest BCUT2D eigenvalue weighted by atomic mass is 32.1. The van der Waals surface area contributed by atoms with Crippen molar-refractivity contribution in [1.29, 1.82) is 0 Å². The molecule has 266 valence electrons. The van der Waals surface area contributed by atoms with Gasteiger partial charge in [-0.05, 0) is 71.8 Å². The van der Waals surface area contributed by atoms with Crippen LogP contribution >= 0.6 is 22.7 Å². The van der Waals surface area contributed by atoms with Crippen LogP contribution in [-0.2, 0) is 0 Å². The average Bonchev–Trinajstić information content (AvgIpc) is 3.95. The normalized spacial score (nSPS) is 11.9. The predicted octanol–water partition coefficient (Wildman–Crippen LogP) is 14.4. The molecule has 4 aromatic heterocycles. The molecule has 0 aliphatic heterocycles. The number of rotatable bonds is 5. The molecule has 0 unspecified atom stereocenters. The Morgan fingerprint density at radius 3 is 1.47 bits per heavy atom. The zero-order chi connectivity index (χ0) is 37.5. The van der Waals surface area contributed by atoms with E-state index in [0.29, 0.717) is 17.5 Å². The van der Waals surface area contributed by atoms with Crippen molar-refractivity contribution in [3.63, 3.8) is 0 Å². The van der Waals surface area contributed by atoms with Gasteiger partial charge in [0.15, 0.2) is 17.5 Å². The fourth-order valence-corrected chi connectivity index (χ4v) is 10.7. The summed E-state index contributed by atoms with van der Waals surface area (Å²) in [5, 5.41) is 7.56. The summed E-state index contributed by atoms with van der Waals surface area (Å²) in [5.74, 6) is 1.99. The topological polar surface area (TPSA) is 43.6 Å². The summed E-state index contributed by atoms with van der Waals surface area (Å²) in [7, 11) is 0. The van der Waals surface area contributed by atoms with E-state index in [-0.39, 0.29) is 0 Å². The first-order valence-corrected chi connectivity index (χ1v) is 20.6. The highest BCUT2D eigenvalue weighted by Crippen LogP contribution is 2.44. The Balaban J connectivity index is 0.988. The van der Waals surface area contributed by atoms with E-state index in [1.807, 2.05) is 83.3 Å². The summed E-state index contributed by atoms with van der Waals surface area (Å²) >= 11 is 3.70. The molecule has 8 aromatic carbocycles. The fraction of sp³-hybridized carbons (Fsp3) is 0. The van der Waals surface area contributed by atoms with Crippen molar-refractivity contribution in [2.24, 2.45) is 0 Å². The fourth-order valence-electron chi connectivity index (χ4n) is 8.38. The van der Waals surface area contributed by atoms with Crippen LogP contribution in [0.2, 0.25) is 0 Å². The van der Waals surface area contributed by atoms with Gasteiger partial charge in [0.05, 0.1) is 11.0 Å². The molecular formula is C51H30N4S2. The van der Waals surface area contributed by atoms with Gasteiger partial charge in [0.1, 0.15) is 0 Å². The third kappa shape index (κ3) is 5.22. The molecule has 0 spiro atoms. The van der Waals surface area contributed by atoms with E-state index in [1.165, 1.54) is 79.0 Å². The molecule has 0 saturated carbocycles. The Bertz CT molecular complexity index is 3410. The van der Waals surface area contributed by atoms with Crippen LogP contribution < -0.4 is 0 Å². The summed E-state index contributed by atoms with van der Waals surface area (Å²) < 4.78 is 7.50. The molecule has 12 aromatic rings. The minimum atomic E-state index is 0.662. The first-order valence-electron chi connectivity index (χ1n) is 19.0. The van der Waals surface area contributed by atoms with Crippen LogP contribution in [-0.4, -0.2) is 19.5 Å². The van der Waals surface area contributed by atoms with E-state index in [9.17, 15) is 0 Å². The lowest BCUT2D eigenvalue weighted by Gasteiger charge is -2.09. The van der Waals surface area contributed by atoms with Gasteiger partial charge >= 0.3 is 0 Å². The molecule has 0 fully saturated rings. The molecule has 0 atom stereocenters. The molecule has 0 bridgehead atoms. The van der Waals surface area contributed by atoms with Gasteiger partial charge < -0.3 is 4.57 Å². The van der Waals surface area contributed by atoms with E-state index < -0.39 is 0 Å². The lowest BCUT2D eigenvalue weighted by molar-refractivity contribution is 1.07.